The van der Waals surface area contributed by atoms with Gasteiger partial charge in [-0.15, -0.1) is 13.2 Å². The number of alkyl halides is 3. The van der Waals surface area contributed by atoms with E-state index in [-0.39, 0.29) is 25.1 Å². The van der Waals surface area contributed by atoms with Crippen LogP contribution in [0, 0.1) is 6.92 Å². The molecule has 1 aromatic heterocycles. The van der Waals surface area contributed by atoms with Gasteiger partial charge >= 0.3 is 12.3 Å². The van der Waals surface area contributed by atoms with Gasteiger partial charge in [0.25, 0.3) is 0 Å². The number of nitrogens with zero attached hydrogens (tertiary/aromatic N) is 1. The molecule has 0 amide bonds. The first kappa shape index (κ1) is 16.2. The first-order valence-corrected chi connectivity index (χ1v) is 5.87. The van der Waals surface area contributed by atoms with E-state index in [2.05, 4.69) is 9.72 Å². The summed E-state index contributed by atoms with van der Waals surface area (Å²) in [6, 6.07) is 0. The quantitative estimate of drug-likeness (QED) is 0.838. The van der Waals surface area contributed by atoms with Gasteiger partial charge in [0.05, 0.1) is 24.9 Å². The average Bonchev–Trinajstić information content (AvgIpc) is 2.32. The number of aromatic nitrogens is 1. The second-order valence-electron chi connectivity index (χ2n) is 3.91. The van der Waals surface area contributed by atoms with Crippen molar-refractivity contribution in [2.75, 3.05) is 6.61 Å². The standard InChI is InChI=1S/C12H15F3N2O3/c1-3-19-11(18)4-8-7(2)9(5-16)17-6-10(8)20-12(13,14)15/h6H,3-5,16H2,1-2H3. The normalized spacial score (nSPS) is 11.3. The number of rotatable bonds is 5. The first-order valence-electron chi connectivity index (χ1n) is 5.87. The Kier molecular flexibility index (Phi) is 5.32. The molecule has 0 saturated heterocycles. The minimum absolute atomic E-state index is 0.0496. The molecule has 1 heterocycles. The van der Waals surface area contributed by atoms with Crippen LogP contribution in [0.15, 0.2) is 6.20 Å². The minimum atomic E-state index is -4.86. The highest BCUT2D eigenvalue weighted by Crippen LogP contribution is 2.29. The van der Waals surface area contributed by atoms with Gasteiger partial charge in [0, 0.05) is 12.1 Å². The molecule has 8 heteroatoms. The molecule has 0 aliphatic heterocycles. The third-order valence-electron chi connectivity index (χ3n) is 2.57. The van der Waals surface area contributed by atoms with Gasteiger partial charge in [0.15, 0.2) is 5.75 Å². The van der Waals surface area contributed by atoms with E-state index < -0.39 is 18.1 Å². The zero-order valence-corrected chi connectivity index (χ0v) is 11.1. The smallest absolute Gasteiger partial charge is 0.466 e. The maximum absolute atomic E-state index is 12.3. The number of carbonyl (C=O) groups excluding carboxylic acids is 1. The molecule has 2 N–H and O–H groups in total. The highest BCUT2D eigenvalue weighted by molar-refractivity contribution is 5.74. The summed E-state index contributed by atoms with van der Waals surface area (Å²) in [5.74, 6) is -1.16. The molecule has 0 atom stereocenters. The van der Waals surface area contributed by atoms with E-state index in [1.54, 1.807) is 6.92 Å². The van der Waals surface area contributed by atoms with Crippen LogP contribution in [-0.4, -0.2) is 23.9 Å². The van der Waals surface area contributed by atoms with Gasteiger partial charge in [-0.1, -0.05) is 0 Å². The number of ether oxygens (including phenoxy) is 2. The van der Waals surface area contributed by atoms with Crippen molar-refractivity contribution in [3.8, 4) is 5.75 Å². The lowest BCUT2D eigenvalue weighted by Gasteiger charge is -2.16. The van der Waals surface area contributed by atoms with Crippen molar-refractivity contribution in [3.05, 3.63) is 23.0 Å². The van der Waals surface area contributed by atoms with Gasteiger partial charge in [0.1, 0.15) is 0 Å². The Morgan fingerprint density at radius 2 is 2.10 bits per heavy atom. The van der Waals surface area contributed by atoms with Crippen LogP contribution in [0.2, 0.25) is 0 Å². The topological polar surface area (TPSA) is 74.4 Å². The number of esters is 1. The fourth-order valence-electron chi connectivity index (χ4n) is 1.66. The molecule has 5 nitrogen and oxygen atoms in total. The number of nitrogens with two attached hydrogens (primary N) is 1. The third kappa shape index (κ3) is 4.37. The van der Waals surface area contributed by atoms with Crippen LogP contribution in [0.3, 0.4) is 0 Å². The van der Waals surface area contributed by atoms with Gasteiger partial charge in [-0.2, -0.15) is 0 Å². The Morgan fingerprint density at radius 1 is 1.45 bits per heavy atom. The molecular weight excluding hydrogens is 277 g/mol. The fourth-order valence-corrected chi connectivity index (χ4v) is 1.66. The van der Waals surface area contributed by atoms with Crippen molar-refractivity contribution < 1.29 is 27.4 Å². The van der Waals surface area contributed by atoms with Crippen LogP contribution < -0.4 is 10.5 Å². The summed E-state index contributed by atoms with van der Waals surface area (Å²) >= 11 is 0. The molecule has 1 aromatic rings. The van der Waals surface area contributed by atoms with Crippen LogP contribution in [0.5, 0.6) is 5.75 Å². The Hall–Kier alpha value is -1.83. The highest BCUT2D eigenvalue weighted by Gasteiger charge is 2.33. The fraction of sp³-hybridized carbons (Fsp3) is 0.500. The van der Waals surface area contributed by atoms with Crippen LogP contribution in [0.4, 0.5) is 13.2 Å². The predicted octanol–water partition coefficient (Wildman–Crippen LogP) is 1.85. The van der Waals surface area contributed by atoms with E-state index >= 15 is 0 Å². The molecule has 0 fully saturated rings. The van der Waals surface area contributed by atoms with Crippen molar-refractivity contribution in [1.29, 1.82) is 0 Å². The number of halogens is 3. The number of carbonyl (C=O) groups is 1. The number of pyridine rings is 1. The summed E-state index contributed by atoms with van der Waals surface area (Å²) in [6.07, 6.45) is -4.28. The Labute approximate surface area is 113 Å². The predicted molar refractivity (Wildman–Crippen MR) is 63.9 cm³/mol. The van der Waals surface area contributed by atoms with E-state index in [4.69, 9.17) is 10.5 Å². The summed E-state index contributed by atoms with van der Waals surface area (Å²) in [6.45, 7) is 3.33. The molecule has 0 radical (unpaired) electrons. The van der Waals surface area contributed by atoms with Crippen molar-refractivity contribution >= 4 is 5.97 Å². The summed E-state index contributed by atoms with van der Waals surface area (Å²) in [7, 11) is 0. The lowest BCUT2D eigenvalue weighted by Crippen LogP contribution is -2.20. The molecule has 0 spiro atoms. The summed E-state index contributed by atoms with van der Waals surface area (Å²) in [5, 5.41) is 0. The zero-order chi connectivity index (χ0) is 15.3. The van der Waals surface area contributed by atoms with Crippen molar-refractivity contribution in [3.63, 3.8) is 0 Å². The van der Waals surface area contributed by atoms with E-state index in [0.29, 0.717) is 11.3 Å². The summed E-state index contributed by atoms with van der Waals surface area (Å²) < 4.78 is 45.6. The van der Waals surface area contributed by atoms with Crippen LogP contribution in [0.1, 0.15) is 23.7 Å². The average molecular weight is 292 g/mol. The Morgan fingerprint density at radius 3 is 2.60 bits per heavy atom. The minimum Gasteiger partial charge on any atom is -0.466 e. The van der Waals surface area contributed by atoms with Crippen molar-refractivity contribution in [2.24, 2.45) is 5.73 Å². The van der Waals surface area contributed by atoms with Crippen molar-refractivity contribution in [1.82, 2.24) is 4.98 Å². The monoisotopic (exact) mass is 292 g/mol. The van der Waals surface area contributed by atoms with Gasteiger partial charge in [-0.25, -0.2) is 0 Å². The van der Waals surface area contributed by atoms with Gasteiger partial charge < -0.3 is 15.2 Å². The lowest BCUT2D eigenvalue weighted by atomic mass is 10.0. The molecule has 0 aromatic carbocycles. The molecule has 112 valence electrons. The molecule has 0 bridgehead atoms. The van der Waals surface area contributed by atoms with Gasteiger partial charge in [0.2, 0.25) is 0 Å². The third-order valence-corrected chi connectivity index (χ3v) is 2.57. The van der Waals surface area contributed by atoms with E-state index in [1.165, 1.54) is 6.92 Å². The molecule has 20 heavy (non-hydrogen) atoms. The molecule has 0 unspecified atom stereocenters. The van der Waals surface area contributed by atoms with Crippen LogP contribution in [-0.2, 0) is 22.5 Å². The largest absolute Gasteiger partial charge is 0.573 e. The molecule has 0 aliphatic carbocycles. The molecular formula is C12H15F3N2O3. The van der Waals surface area contributed by atoms with E-state index in [1.807, 2.05) is 0 Å². The maximum atomic E-state index is 12.3. The molecule has 0 saturated carbocycles. The Bertz CT molecular complexity index is 490. The SMILES string of the molecule is CCOC(=O)Cc1c(OC(F)(F)F)cnc(CN)c1C. The lowest BCUT2D eigenvalue weighted by molar-refractivity contribution is -0.275. The second-order valence-corrected chi connectivity index (χ2v) is 3.91. The summed E-state index contributed by atoms with van der Waals surface area (Å²) in [4.78, 5) is 15.3. The maximum Gasteiger partial charge on any atom is 0.573 e. The highest BCUT2D eigenvalue weighted by atomic mass is 19.4. The van der Waals surface area contributed by atoms with Gasteiger partial charge in [-0.3, -0.25) is 9.78 Å². The zero-order valence-electron chi connectivity index (χ0n) is 11.1. The number of hydrogen-bond acceptors (Lipinski definition) is 5. The van der Waals surface area contributed by atoms with E-state index in [0.717, 1.165) is 6.20 Å². The number of hydrogen-bond donors (Lipinski definition) is 1. The molecule has 0 aliphatic rings. The van der Waals surface area contributed by atoms with Crippen LogP contribution in [0.25, 0.3) is 0 Å². The van der Waals surface area contributed by atoms with E-state index in [9.17, 15) is 18.0 Å². The second kappa shape index (κ2) is 6.56. The molecule has 1 rings (SSSR count). The summed E-state index contributed by atoms with van der Waals surface area (Å²) in [5.41, 5.74) is 6.32. The Balaban J connectivity index is 3.16. The first-order chi connectivity index (χ1) is 9.28. The van der Waals surface area contributed by atoms with Crippen LogP contribution >= 0.6 is 0 Å². The van der Waals surface area contributed by atoms with Gasteiger partial charge in [-0.05, 0) is 19.4 Å². The van der Waals surface area contributed by atoms with Crippen molar-refractivity contribution in [2.45, 2.75) is 33.2 Å².